The van der Waals surface area contributed by atoms with E-state index in [0.29, 0.717) is 22.9 Å². The van der Waals surface area contributed by atoms with E-state index in [1.807, 2.05) is 0 Å². The van der Waals surface area contributed by atoms with Crippen LogP contribution in [0.5, 0.6) is 11.5 Å². The number of amides is 1. The highest BCUT2D eigenvalue weighted by atomic mass is 32.2. The van der Waals surface area contributed by atoms with Crippen molar-refractivity contribution in [1.29, 1.82) is 0 Å². The second kappa shape index (κ2) is 6.64. The number of nitrogens with one attached hydrogen (secondary N) is 1. The fourth-order valence-electron chi connectivity index (χ4n) is 2.61. The molecule has 0 unspecified atom stereocenters. The summed E-state index contributed by atoms with van der Waals surface area (Å²) in [5.74, 6) is 0.402. The van der Waals surface area contributed by atoms with Gasteiger partial charge in [0.15, 0.2) is 6.10 Å². The molecule has 1 heterocycles. The van der Waals surface area contributed by atoms with Crippen LogP contribution in [0.25, 0.3) is 0 Å². The third-order valence-electron chi connectivity index (χ3n) is 3.79. The van der Waals surface area contributed by atoms with E-state index >= 15 is 0 Å². The molecule has 0 spiro atoms. The van der Waals surface area contributed by atoms with E-state index in [4.69, 9.17) is 9.47 Å². The minimum atomic E-state index is -3.54. The summed E-state index contributed by atoms with van der Waals surface area (Å²) in [7, 11) is -2.04. The third-order valence-corrected chi connectivity index (χ3v) is 4.94. The van der Waals surface area contributed by atoms with Crippen LogP contribution in [-0.2, 0) is 14.8 Å². The van der Waals surface area contributed by atoms with E-state index in [1.54, 1.807) is 48.5 Å². The van der Waals surface area contributed by atoms with Crippen LogP contribution in [0.1, 0.15) is 0 Å². The molecule has 0 aromatic heterocycles. The van der Waals surface area contributed by atoms with Crippen molar-refractivity contribution in [2.24, 2.45) is 0 Å². The molecule has 0 saturated heterocycles. The molecule has 1 aliphatic rings. The number of carbonyl (C=O) groups is 1. The molecule has 0 fully saturated rings. The summed E-state index contributed by atoms with van der Waals surface area (Å²) in [4.78, 5) is 12.6. The summed E-state index contributed by atoms with van der Waals surface area (Å²) >= 11 is 0. The van der Waals surface area contributed by atoms with Crippen molar-refractivity contribution >= 4 is 27.3 Å². The highest BCUT2D eigenvalue weighted by Gasteiger charge is 2.35. The zero-order chi connectivity index (χ0) is 18.0. The zero-order valence-electron chi connectivity index (χ0n) is 13.8. The van der Waals surface area contributed by atoms with E-state index < -0.39 is 22.0 Å². The molecular formula is C17H18N2O5S. The average molecular weight is 362 g/mol. The minimum Gasteiger partial charge on any atom is -0.495 e. The molecule has 0 radical (unpaired) electrons. The number of hydrogen-bond acceptors (Lipinski definition) is 5. The van der Waals surface area contributed by atoms with Crippen LogP contribution in [0.15, 0.2) is 48.5 Å². The Bertz CT molecular complexity index is 897. The standard InChI is InChI=1S/C17H18N2O5S/c1-23-14-9-5-3-7-12(14)18-17(20)16-11-19(25(2,21)22)13-8-4-6-10-15(13)24-16/h3-10,16H,11H2,1-2H3,(H,18,20)/t16-/m0/s1. The molecule has 1 aliphatic heterocycles. The van der Waals surface area contributed by atoms with Crippen molar-refractivity contribution in [2.75, 3.05) is 29.5 Å². The number of nitrogens with zero attached hydrogens (tertiary/aromatic N) is 1. The Morgan fingerprint density at radius 2 is 1.88 bits per heavy atom. The Hall–Kier alpha value is -2.74. The number of ether oxygens (including phenoxy) is 2. The molecule has 0 aliphatic carbocycles. The number of sulfonamides is 1. The van der Waals surface area contributed by atoms with Crippen LogP contribution >= 0.6 is 0 Å². The zero-order valence-corrected chi connectivity index (χ0v) is 14.6. The van der Waals surface area contributed by atoms with Gasteiger partial charge in [-0.05, 0) is 24.3 Å². The molecule has 2 aromatic rings. The van der Waals surface area contributed by atoms with Crippen LogP contribution in [-0.4, -0.2) is 40.3 Å². The Balaban J connectivity index is 1.87. The first kappa shape index (κ1) is 17.1. The van der Waals surface area contributed by atoms with Gasteiger partial charge >= 0.3 is 0 Å². The number of rotatable bonds is 4. The van der Waals surface area contributed by atoms with Crippen molar-refractivity contribution in [1.82, 2.24) is 0 Å². The van der Waals surface area contributed by atoms with E-state index in [1.165, 1.54) is 11.4 Å². The summed E-state index contributed by atoms with van der Waals surface area (Å²) in [5, 5.41) is 2.72. The molecule has 0 saturated carbocycles. The number of fused-ring (bicyclic) bond motifs is 1. The van der Waals surface area contributed by atoms with Crippen LogP contribution in [0.4, 0.5) is 11.4 Å². The van der Waals surface area contributed by atoms with Gasteiger partial charge in [-0.2, -0.15) is 0 Å². The lowest BCUT2D eigenvalue weighted by Gasteiger charge is -2.33. The lowest BCUT2D eigenvalue weighted by Crippen LogP contribution is -2.48. The van der Waals surface area contributed by atoms with Gasteiger partial charge < -0.3 is 14.8 Å². The predicted molar refractivity (Wildman–Crippen MR) is 94.7 cm³/mol. The first-order valence-corrected chi connectivity index (χ1v) is 9.42. The van der Waals surface area contributed by atoms with Gasteiger partial charge in [-0.3, -0.25) is 9.10 Å². The molecule has 1 atom stereocenters. The van der Waals surface area contributed by atoms with Gasteiger partial charge in [0, 0.05) is 0 Å². The Kier molecular flexibility index (Phi) is 4.54. The first-order chi connectivity index (χ1) is 11.9. The average Bonchev–Trinajstić information content (AvgIpc) is 2.60. The van der Waals surface area contributed by atoms with Gasteiger partial charge in [0.05, 0.1) is 31.3 Å². The summed E-state index contributed by atoms with van der Waals surface area (Å²) in [6, 6.07) is 13.7. The number of methoxy groups -OCH3 is 1. The normalized spacial score (nSPS) is 16.6. The molecule has 132 valence electrons. The maximum atomic E-state index is 12.6. The Morgan fingerprint density at radius 1 is 1.20 bits per heavy atom. The van der Waals surface area contributed by atoms with E-state index in [-0.39, 0.29) is 6.54 Å². The van der Waals surface area contributed by atoms with Gasteiger partial charge in [0.1, 0.15) is 11.5 Å². The topological polar surface area (TPSA) is 84.9 Å². The summed E-state index contributed by atoms with van der Waals surface area (Å²) < 4.78 is 36.3. The maximum absolute atomic E-state index is 12.6. The number of para-hydroxylation sites is 4. The smallest absolute Gasteiger partial charge is 0.267 e. The van der Waals surface area contributed by atoms with E-state index in [2.05, 4.69) is 5.32 Å². The van der Waals surface area contributed by atoms with Crippen molar-refractivity contribution in [3.8, 4) is 11.5 Å². The number of anilines is 2. The highest BCUT2D eigenvalue weighted by Crippen LogP contribution is 2.35. The van der Waals surface area contributed by atoms with Gasteiger partial charge in [-0.25, -0.2) is 8.42 Å². The van der Waals surface area contributed by atoms with Gasteiger partial charge in [-0.15, -0.1) is 0 Å². The van der Waals surface area contributed by atoms with Gasteiger partial charge in [0.25, 0.3) is 5.91 Å². The van der Waals surface area contributed by atoms with E-state index in [9.17, 15) is 13.2 Å². The van der Waals surface area contributed by atoms with Crippen LogP contribution in [0.2, 0.25) is 0 Å². The minimum absolute atomic E-state index is 0.100. The van der Waals surface area contributed by atoms with Crippen molar-refractivity contribution in [2.45, 2.75) is 6.10 Å². The van der Waals surface area contributed by atoms with Crippen LogP contribution in [0.3, 0.4) is 0 Å². The third kappa shape index (κ3) is 3.53. The lowest BCUT2D eigenvalue weighted by molar-refractivity contribution is -0.122. The Labute approximate surface area is 146 Å². The molecule has 25 heavy (non-hydrogen) atoms. The van der Waals surface area contributed by atoms with Gasteiger partial charge in [-0.1, -0.05) is 24.3 Å². The predicted octanol–water partition coefficient (Wildman–Crippen LogP) is 1.86. The molecule has 1 amide bonds. The number of carbonyl (C=O) groups excluding carboxylic acids is 1. The van der Waals surface area contributed by atoms with Crippen molar-refractivity contribution < 1.29 is 22.7 Å². The van der Waals surface area contributed by atoms with Crippen molar-refractivity contribution in [3.63, 3.8) is 0 Å². The Morgan fingerprint density at radius 3 is 2.60 bits per heavy atom. The molecule has 3 rings (SSSR count). The second-order valence-electron chi connectivity index (χ2n) is 5.56. The number of hydrogen-bond donors (Lipinski definition) is 1. The largest absolute Gasteiger partial charge is 0.495 e. The molecule has 0 bridgehead atoms. The summed E-state index contributed by atoms with van der Waals surface area (Å²) in [6.07, 6.45) is 0.124. The maximum Gasteiger partial charge on any atom is 0.267 e. The molecule has 2 aromatic carbocycles. The number of benzene rings is 2. The summed E-state index contributed by atoms with van der Waals surface area (Å²) in [6.45, 7) is -0.100. The second-order valence-corrected chi connectivity index (χ2v) is 7.46. The molecular weight excluding hydrogens is 344 g/mol. The molecule has 1 N–H and O–H groups in total. The van der Waals surface area contributed by atoms with E-state index in [0.717, 1.165) is 6.26 Å². The highest BCUT2D eigenvalue weighted by molar-refractivity contribution is 7.92. The quantitative estimate of drug-likeness (QED) is 0.897. The SMILES string of the molecule is COc1ccccc1NC(=O)[C@@H]1CN(S(C)(=O)=O)c2ccccc2O1. The van der Waals surface area contributed by atoms with Crippen molar-refractivity contribution in [3.05, 3.63) is 48.5 Å². The van der Waals surface area contributed by atoms with Crippen LogP contribution in [0, 0.1) is 0 Å². The van der Waals surface area contributed by atoms with Gasteiger partial charge in [0.2, 0.25) is 10.0 Å². The molecule has 8 heteroatoms. The summed E-state index contributed by atoms with van der Waals surface area (Å²) in [5.41, 5.74) is 0.912. The fourth-order valence-corrected chi connectivity index (χ4v) is 3.53. The fraction of sp³-hybridized carbons (Fsp3) is 0.235. The monoisotopic (exact) mass is 362 g/mol. The van der Waals surface area contributed by atoms with Crippen LogP contribution < -0.4 is 19.1 Å². The lowest BCUT2D eigenvalue weighted by atomic mass is 10.2. The molecule has 7 nitrogen and oxygen atoms in total. The first-order valence-electron chi connectivity index (χ1n) is 7.57.